The molecule has 212 valence electrons. The van der Waals surface area contributed by atoms with Crippen molar-refractivity contribution >= 4 is 45.6 Å². The predicted molar refractivity (Wildman–Crippen MR) is 167 cm³/mol. The monoisotopic (exact) mass is 559 g/mol. The van der Waals surface area contributed by atoms with Gasteiger partial charge in [0.15, 0.2) is 0 Å². The maximum Gasteiger partial charge on any atom is 0.252 e. The van der Waals surface area contributed by atoms with Crippen LogP contribution in [0.15, 0.2) is 60.0 Å². The van der Waals surface area contributed by atoms with E-state index in [0.717, 1.165) is 41.8 Å². The molecule has 0 aliphatic carbocycles. The molecule has 7 nitrogen and oxygen atoms in total. The largest absolute Gasteiger partial charge is 0.378 e. The zero-order valence-corrected chi connectivity index (χ0v) is 25.2. The van der Waals surface area contributed by atoms with Crippen molar-refractivity contribution < 1.29 is 9.59 Å². The first-order chi connectivity index (χ1) is 19.2. The van der Waals surface area contributed by atoms with Crippen LogP contribution in [0.3, 0.4) is 0 Å². The number of thiophene rings is 1. The highest BCUT2D eigenvalue weighted by Gasteiger charge is 2.24. The van der Waals surface area contributed by atoms with Gasteiger partial charge in [0, 0.05) is 48.4 Å². The second kappa shape index (κ2) is 13.1. The number of hydrogen-bond donors (Lipinski definition) is 2. The third-order valence-corrected chi connectivity index (χ3v) is 8.08. The Labute approximate surface area is 241 Å². The Morgan fingerprint density at radius 2 is 1.80 bits per heavy atom. The summed E-state index contributed by atoms with van der Waals surface area (Å²) in [6.45, 7) is 8.50. The van der Waals surface area contributed by atoms with Crippen molar-refractivity contribution in [3.63, 3.8) is 0 Å². The van der Waals surface area contributed by atoms with E-state index in [2.05, 4.69) is 46.6 Å². The lowest BCUT2D eigenvalue weighted by Crippen LogP contribution is -2.44. The molecule has 2 amide bonds. The number of nitrogens with one attached hydrogen (secondary N) is 2. The molecule has 0 saturated heterocycles. The summed E-state index contributed by atoms with van der Waals surface area (Å²) in [4.78, 5) is 35.0. The molecule has 2 N–H and O–H groups in total. The number of hydrogen-bond acceptors (Lipinski definition) is 5. The van der Waals surface area contributed by atoms with Gasteiger partial charge in [-0.2, -0.15) is 0 Å². The molecule has 0 saturated carbocycles. The molecule has 4 rings (SSSR count). The maximum absolute atomic E-state index is 13.4. The average molecular weight is 560 g/mol. The number of imidazole rings is 1. The van der Waals surface area contributed by atoms with Crippen LogP contribution in [0, 0.1) is 5.92 Å². The van der Waals surface area contributed by atoms with Gasteiger partial charge in [-0.05, 0) is 73.0 Å². The normalized spacial score (nSPS) is 12.2. The van der Waals surface area contributed by atoms with Crippen LogP contribution in [0.1, 0.15) is 74.1 Å². The molecule has 0 aliphatic heterocycles. The first-order valence-electron chi connectivity index (χ1n) is 14.1. The molecule has 0 unspecified atom stereocenters. The van der Waals surface area contributed by atoms with Gasteiger partial charge in [-0.25, -0.2) is 4.98 Å². The Morgan fingerprint density at radius 1 is 1.02 bits per heavy atom. The Morgan fingerprint density at radius 3 is 2.45 bits per heavy atom. The summed E-state index contributed by atoms with van der Waals surface area (Å²) >= 11 is 1.73. The third kappa shape index (κ3) is 6.91. The van der Waals surface area contributed by atoms with E-state index in [1.165, 1.54) is 4.88 Å². The van der Waals surface area contributed by atoms with Crippen molar-refractivity contribution in [3.05, 3.63) is 76.2 Å². The SMILES string of the molecule is CCC(CC)n1c(Cc2cccs2)nc2cc(C(=O)N[C@@H](CC(C)C)C(=O)Nc3cccc(N(C)C)c3)ccc21. The van der Waals surface area contributed by atoms with Gasteiger partial charge in [0.2, 0.25) is 5.91 Å². The summed E-state index contributed by atoms with van der Waals surface area (Å²) in [5.74, 6) is 0.736. The third-order valence-electron chi connectivity index (χ3n) is 7.20. The van der Waals surface area contributed by atoms with Crippen molar-refractivity contribution in [3.8, 4) is 0 Å². The number of aromatic nitrogens is 2. The van der Waals surface area contributed by atoms with Crippen molar-refractivity contribution in [1.82, 2.24) is 14.9 Å². The first-order valence-corrected chi connectivity index (χ1v) is 15.0. The number of fused-ring (bicyclic) bond motifs is 1. The molecule has 0 spiro atoms. The second-order valence-corrected chi connectivity index (χ2v) is 11.9. The van der Waals surface area contributed by atoms with Crippen molar-refractivity contribution in [2.45, 2.75) is 65.5 Å². The van der Waals surface area contributed by atoms with Gasteiger partial charge in [-0.15, -0.1) is 11.3 Å². The lowest BCUT2D eigenvalue weighted by molar-refractivity contribution is -0.118. The molecular weight excluding hydrogens is 518 g/mol. The minimum Gasteiger partial charge on any atom is -0.378 e. The fourth-order valence-electron chi connectivity index (χ4n) is 5.08. The van der Waals surface area contributed by atoms with Crippen molar-refractivity contribution in [1.29, 1.82) is 0 Å². The lowest BCUT2D eigenvalue weighted by Gasteiger charge is -2.21. The minimum absolute atomic E-state index is 0.224. The minimum atomic E-state index is -0.664. The molecule has 2 heterocycles. The van der Waals surface area contributed by atoms with Crippen LogP contribution in [0.5, 0.6) is 0 Å². The Balaban J connectivity index is 1.58. The highest BCUT2D eigenvalue weighted by molar-refractivity contribution is 7.09. The van der Waals surface area contributed by atoms with E-state index in [-0.39, 0.29) is 17.7 Å². The molecule has 2 aromatic carbocycles. The summed E-state index contributed by atoms with van der Waals surface area (Å²) in [5, 5.41) is 8.07. The predicted octanol–water partition coefficient (Wildman–Crippen LogP) is 6.90. The Hall–Kier alpha value is -3.65. The molecule has 40 heavy (non-hydrogen) atoms. The zero-order chi connectivity index (χ0) is 28.8. The number of amides is 2. The van der Waals surface area contributed by atoms with Crippen LogP contribution in [-0.4, -0.2) is 41.5 Å². The van der Waals surface area contributed by atoms with E-state index in [1.807, 2.05) is 75.3 Å². The molecule has 8 heteroatoms. The van der Waals surface area contributed by atoms with Crippen LogP contribution in [0.25, 0.3) is 11.0 Å². The quantitative estimate of drug-likeness (QED) is 0.198. The van der Waals surface area contributed by atoms with Gasteiger partial charge in [-0.1, -0.05) is 39.8 Å². The van der Waals surface area contributed by atoms with E-state index in [4.69, 9.17) is 4.98 Å². The van der Waals surface area contributed by atoms with Gasteiger partial charge in [-0.3, -0.25) is 9.59 Å². The van der Waals surface area contributed by atoms with Crippen LogP contribution < -0.4 is 15.5 Å². The van der Waals surface area contributed by atoms with Crippen molar-refractivity contribution in [2.75, 3.05) is 24.3 Å². The number of nitrogens with zero attached hydrogens (tertiary/aromatic N) is 3. The highest BCUT2D eigenvalue weighted by Crippen LogP contribution is 2.28. The Kier molecular flexibility index (Phi) is 9.63. The number of benzene rings is 2. The second-order valence-electron chi connectivity index (χ2n) is 10.9. The van der Waals surface area contributed by atoms with E-state index in [1.54, 1.807) is 11.3 Å². The maximum atomic E-state index is 13.4. The molecule has 1 atom stereocenters. The molecule has 4 aromatic rings. The number of carbonyl (C=O) groups is 2. The summed E-state index contributed by atoms with van der Waals surface area (Å²) in [7, 11) is 3.91. The van der Waals surface area contributed by atoms with E-state index < -0.39 is 6.04 Å². The van der Waals surface area contributed by atoms with Crippen LogP contribution in [0.2, 0.25) is 0 Å². The standard InChI is InChI=1S/C32H41N5O2S/c1-7-24(8-2)37-29-15-14-22(18-27(29)34-30(37)20-26-13-10-16-40-26)31(38)35-28(17-21(3)4)32(39)33-23-11-9-12-25(19-23)36(5)6/h9-16,18-19,21,24,28H,7-8,17,20H2,1-6H3,(H,33,39)(H,35,38)/t28-/m0/s1. The smallest absolute Gasteiger partial charge is 0.252 e. The average Bonchev–Trinajstić information content (AvgIpc) is 3.56. The number of carbonyl (C=O) groups excluding carboxylic acids is 2. The van der Waals surface area contributed by atoms with Gasteiger partial charge in [0.1, 0.15) is 11.9 Å². The van der Waals surface area contributed by atoms with Gasteiger partial charge >= 0.3 is 0 Å². The van der Waals surface area contributed by atoms with E-state index >= 15 is 0 Å². The first kappa shape index (κ1) is 29.3. The molecule has 0 bridgehead atoms. The van der Waals surface area contributed by atoms with Crippen molar-refractivity contribution in [2.24, 2.45) is 5.92 Å². The van der Waals surface area contributed by atoms with Crippen LogP contribution >= 0.6 is 11.3 Å². The summed E-state index contributed by atoms with van der Waals surface area (Å²) in [5.41, 5.74) is 4.03. The fraction of sp³-hybridized carbons (Fsp3) is 0.406. The number of anilines is 2. The fourth-order valence-corrected chi connectivity index (χ4v) is 5.78. The molecule has 0 radical (unpaired) electrons. The Bertz CT molecular complexity index is 1440. The van der Waals surface area contributed by atoms with E-state index in [0.29, 0.717) is 23.7 Å². The summed E-state index contributed by atoms with van der Waals surface area (Å²) < 4.78 is 2.34. The lowest BCUT2D eigenvalue weighted by atomic mass is 10.0. The molecule has 2 aromatic heterocycles. The highest BCUT2D eigenvalue weighted by atomic mass is 32.1. The summed E-state index contributed by atoms with van der Waals surface area (Å²) in [6.07, 6.45) is 3.30. The van der Waals surface area contributed by atoms with Gasteiger partial charge in [0.05, 0.1) is 11.0 Å². The van der Waals surface area contributed by atoms with E-state index in [9.17, 15) is 9.59 Å². The zero-order valence-electron chi connectivity index (χ0n) is 24.4. The van der Waals surface area contributed by atoms with Gasteiger partial charge < -0.3 is 20.1 Å². The topological polar surface area (TPSA) is 79.3 Å². The van der Waals surface area contributed by atoms with Crippen LogP contribution in [-0.2, 0) is 11.2 Å². The number of rotatable bonds is 12. The summed E-state index contributed by atoms with van der Waals surface area (Å²) in [6, 6.07) is 17.2. The molecule has 0 aliphatic rings. The van der Waals surface area contributed by atoms with Crippen LogP contribution in [0.4, 0.5) is 11.4 Å². The molecular formula is C32H41N5O2S. The molecule has 0 fully saturated rings. The van der Waals surface area contributed by atoms with Gasteiger partial charge in [0.25, 0.3) is 5.91 Å².